The maximum atomic E-state index is 5.76. The molecular weight excluding hydrogens is 188 g/mol. The number of rotatable bonds is 3. The van der Waals surface area contributed by atoms with Crippen LogP contribution in [0.15, 0.2) is 41.3 Å². The van der Waals surface area contributed by atoms with Gasteiger partial charge in [0.2, 0.25) is 0 Å². The first-order valence-electron chi connectivity index (χ1n) is 4.99. The van der Waals surface area contributed by atoms with Gasteiger partial charge in [-0.3, -0.25) is 0 Å². The smallest absolute Gasteiger partial charge is 0.181 e. The summed E-state index contributed by atoms with van der Waals surface area (Å²) in [6.07, 6.45) is 4.03. The number of hydrogen-bond acceptors (Lipinski definition) is 3. The zero-order valence-electron chi connectivity index (χ0n) is 8.68. The third-order valence-corrected chi connectivity index (χ3v) is 2.20. The lowest BCUT2D eigenvalue weighted by atomic mass is 10.0. The van der Waals surface area contributed by atoms with E-state index in [1.165, 1.54) is 12.0 Å². The summed E-state index contributed by atoms with van der Waals surface area (Å²) in [5.74, 6) is 0.793. The molecule has 0 radical (unpaired) electrons. The van der Waals surface area contributed by atoms with Gasteiger partial charge in [-0.25, -0.2) is 4.98 Å². The molecule has 0 spiro atoms. The lowest BCUT2D eigenvalue weighted by Crippen LogP contribution is -2.17. The third kappa shape index (κ3) is 2.44. The third-order valence-electron chi connectivity index (χ3n) is 2.20. The van der Waals surface area contributed by atoms with Gasteiger partial charge < -0.3 is 10.2 Å². The van der Waals surface area contributed by atoms with E-state index in [2.05, 4.69) is 17.1 Å². The highest BCUT2D eigenvalue weighted by Crippen LogP contribution is 2.19. The van der Waals surface area contributed by atoms with Crippen molar-refractivity contribution in [3.8, 4) is 11.3 Å². The summed E-state index contributed by atoms with van der Waals surface area (Å²) >= 11 is 0. The molecule has 78 valence electrons. The summed E-state index contributed by atoms with van der Waals surface area (Å²) in [7, 11) is 0. The maximum Gasteiger partial charge on any atom is 0.181 e. The highest BCUT2D eigenvalue weighted by molar-refractivity contribution is 5.57. The Kier molecular flexibility index (Phi) is 2.83. The molecular formula is C12H14N2O. The second kappa shape index (κ2) is 4.28. The topological polar surface area (TPSA) is 52.0 Å². The van der Waals surface area contributed by atoms with E-state index in [1.807, 2.05) is 19.1 Å². The van der Waals surface area contributed by atoms with E-state index >= 15 is 0 Å². The summed E-state index contributed by atoms with van der Waals surface area (Å²) in [6.45, 7) is 2.00. The normalized spacial score (nSPS) is 12.7. The van der Waals surface area contributed by atoms with Crippen molar-refractivity contribution in [3.63, 3.8) is 0 Å². The molecule has 0 amide bonds. The van der Waals surface area contributed by atoms with Crippen LogP contribution < -0.4 is 5.73 Å². The standard InChI is InChI=1S/C12H14N2O/c1-9(13)5-10-3-2-4-11(6-10)12-7-14-8-15-12/h2-4,6-9H,5,13H2,1H3. The van der Waals surface area contributed by atoms with Crippen molar-refractivity contribution in [1.82, 2.24) is 4.98 Å². The molecule has 3 heteroatoms. The molecule has 3 nitrogen and oxygen atoms in total. The van der Waals surface area contributed by atoms with Crippen LogP contribution in [0.4, 0.5) is 0 Å². The quantitative estimate of drug-likeness (QED) is 0.830. The molecule has 0 aliphatic rings. The number of benzene rings is 1. The van der Waals surface area contributed by atoms with Crippen LogP contribution in [0.25, 0.3) is 11.3 Å². The maximum absolute atomic E-state index is 5.76. The highest BCUT2D eigenvalue weighted by Gasteiger charge is 2.03. The van der Waals surface area contributed by atoms with Crippen LogP contribution in [0, 0.1) is 0 Å². The molecule has 1 atom stereocenters. The van der Waals surface area contributed by atoms with E-state index in [-0.39, 0.29) is 6.04 Å². The first-order chi connectivity index (χ1) is 7.25. The van der Waals surface area contributed by atoms with Gasteiger partial charge in [0.15, 0.2) is 12.2 Å². The van der Waals surface area contributed by atoms with E-state index in [9.17, 15) is 0 Å². The van der Waals surface area contributed by atoms with E-state index in [4.69, 9.17) is 10.2 Å². The highest BCUT2D eigenvalue weighted by atomic mass is 16.3. The minimum absolute atomic E-state index is 0.176. The van der Waals surface area contributed by atoms with Crippen molar-refractivity contribution in [2.24, 2.45) is 5.73 Å². The molecule has 15 heavy (non-hydrogen) atoms. The van der Waals surface area contributed by atoms with Crippen molar-refractivity contribution in [3.05, 3.63) is 42.4 Å². The van der Waals surface area contributed by atoms with Crippen molar-refractivity contribution in [2.45, 2.75) is 19.4 Å². The number of oxazole rings is 1. The molecule has 2 rings (SSSR count). The largest absolute Gasteiger partial charge is 0.444 e. The van der Waals surface area contributed by atoms with Crippen LogP contribution in [0.3, 0.4) is 0 Å². The summed E-state index contributed by atoms with van der Waals surface area (Å²) < 4.78 is 5.24. The van der Waals surface area contributed by atoms with Gasteiger partial charge in [0.05, 0.1) is 6.20 Å². The second-order valence-corrected chi connectivity index (χ2v) is 3.75. The molecule has 2 aromatic rings. The fourth-order valence-electron chi connectivity index (χ4n) is 1.58. The summed E-state index contributed by atoms with van der Waals surface area (Å²) in [6, 6.07) is 8.35. The minimum Gasteiger partial charge on any atom is -0.444 e. The van der Waals surface area contributed by atoms with Gasteiger partial charge in [-0.15, -0.1) is 0 Å². The van der Waals surface area contributed by atoms with Gasteiger partial charge in [-0.2, -0.15) is 0 Å². The van der Waals surface area contributed by atoms with Crippen LogP contribution in [0.5, 0.6) is 0 Å². The Hall–Kier alpha value is -1.61. The molecule has 1 heterocycles. The fourth-order valence-corrected chi connectivity index (χ4v) is 1.58. The zero-order valence-corrected chi connectivity index (χ0v) is 8.68. The Morgan fingerprint density at radius 1 is 1.47 bits per heavy atom. The predicted molar refractivity (Wildman–Crippen MR) is 59.3 cm³/mol. The minimum atomic E-state index is 0.176. The Bertz CT molecular complexity index is 421. The summed E-state index contributed by atoms with van der Waals surface area (Å²) in [4.78, 5) is 3.90. The van der Waals surface area contributed by atoms with Crippen LogP contribution in [-0.4, -0.2) is 11.0 Å². The second-order valence-electron chi connectivity index (χ2n) is 3.75. The van der Waals surface area contributed by atoms with Gasteiger partial charge in [0.1, 0.15) is 0 Å². The Balaban J connectivity index is 2.27. The van der Waals surface area contributed by atoms with Gasteiger partial charge in [0.25, 0.3) is 0 Å². The van der Waals surface area contributed by atoms with Crippen LogP contribution in [0.1, 0.15) is 12.5 Å². The van der Waals surface area contributed by atoms with Crippen LogP contribution in [-0.2, 0) is 6.42 Å². The molecule has 1 aromatic carbocycles. The van der Waals surface area contributed by atoms with E-state index in [0.29, 0.717) is 0 Å². The molecule has 0 aliphatic heterocycles. The fraction of sp³-hybridized carbons (Fsp3) is 0.250. The molecule has 0 aliphatic carbocycles. The number of nitrogens with zero attached hydrogens (tertiary/aromatic N) is 1. The van der Waals surface area contributed by atoms with E-state index < -0.39 is 0 Å². The van der Waals surface area contributed by atoms with Crippen LogP contribution >= 0.6 is 0 Å². The Morgan fingerprint density at radius 3 is 3.00 bits per heavy atom. The molecule has 0 saturated carbocycles. The molecule has 1 unspecified atom stereocenters. The molecule has 0 fully saturated rings. The van der Waals surface area contributed by atoms with Gasteiger partial charge >= 0.3 is 0 Å². The first-order valence-corrected chi connectivity index (χ1v) is 4.99. The molecule has 2 N–H and O–H groups in total. The average molecular weight is 202 g/mol. The van der Waals surface area contributed by atoms with Gasteiger partial charge in [0, 0.05) is 11.6 Å². The number of nitrogens with two attached hydrogens (primary N) is 1. The van der Waals surface area contributed by atoms with Crippen LogP contribution in [0.2, 0.25) is 0 Å². The Morgan fingerprint density at radius 2 is 2.33 bits per heavy atom. The Labute approximate surface area is 88.9 Å². The monoisotopic (exact) mass is 202 g/mol. The lowest BCUT2D eigenvalue weighted by Gasteiger charge is -2.05. The number of aromatic nitrogens is 1. The van der Waals surface area contributed by atoms with Gasteiger partial charge in [-0.1, -0.05) is 18.2 Å². The molecule has 1 aromatic heterocycles. The van der Waals surface area contributed by atoms with Crippen molar-refractivity contribution in [1.29, 1.82) is 0 Å². The number of hydrogen-bond donors (Lipinski definition) is 1. The average Bonchev–Trinajstić information content (AvgIpc) is 2.69. The van der Waals surface area contributed by atoms with Crippen molar-refractivity contribution in [2.75, 3.05) is 0 Å². The molecule has 0 saturated heterocycles. The predicted octanol–water partition coefficient (Wildman–Crippen LogP) is 2.23. The van der Waals surface area contributed by atoms with Crippen molar-refractivity contribution < 1.29 is 4.42 Å². The summed E-state index contributed by atoms with van der Waals surface area (Å²) in [5, 5.41) is 0. The zero-order chi connectivity index (χ0) is 10.7. The van der Waals surface area contributed by atoms with Crippen molar-refractivity contribution >= 4 is 0 Å². The molecule has 0 bridgehead atoms. The SMILES string of the molecule is CC(N)Cc1cccc(-c2cnco2)c1. The summed E-state index contributed by atoms with van der Waals surface area (Å²) in [5.41, 5.74) is 8.03. The van der Waals surface area contributed by atoms with E-state index in [0.717, 1.165) is 17.7 Å². The van der Waals surface area contributed by atoms with E-state index in [1.54, 1.807) is 6.20 Å². The lowest BCUT2D eigenvalue weighted by molar-refractivity contribution is 0.572. The first kappa shape index (κ1) is 9.93. The van der Waals surface area contributed by atoms with Gasteiger partial charge in [-0.05, 0) is 25.0 Å².